The van der Waals surface area contributed by atoms with Crippen molar-refractivity contribution in [2.45, 2.75) is 6.42 Å². The van der Waals surface area contributed by atoms with Gasteiger partial charge in [0.1, 0.15) is 0 Å². The Balaban J connectivity index is 1.91. The van der Waals surface area contributed by atoms with Gasteiger partial charge in [0.25, 0.3) is 0 Å². The molecular formula is C25H24N2O2. The molecule has 0 atom stereocenters. The van der Waals surface area contributed by atoms with Gasteiger partial charge in [0, 0.05) is 35.4 Å². The number of aromatic nitrogens is 1. The minimum atomic E-state index is -0.405. The predicted molar refractivity (Wildman–Crippen MR) is 118 cm³/mol. The van der Waals surface area contributed by atoms with Crippen LogP contribution < -0.4 is 0 Å². The number of rotatable bonds is 8. The Bertz CT molecular complexity index is 1070. The summed E-state index contributed by atoms with van der Waals surface area (Å²) in [6.07, 6.45) is 9.32. The quantitative estimate of drug-likeness (QED) is 0.356. The molecule has 4 nitrogen and oxygen atoms in total. The Hall–Kier alpha value is -3.71. The molecule has 0 unspecified atom stereocenters. The van der Waals surface area contributed by atoms with Crippen LogP contribution in [0, 0.1) is 12.3 Å². The molecule has 3 aromatic rings. The van der Waals surface area contributed by atoms with Crippen LogP contribution in [0.2, 0.25) is 0 Å². The lowest BCUT2D eigenvalue weighted by molar-refractivity contribution is -0.134. The summed E-state index contributed by atoms with van der Waals surface area (Å²) >= 11 is 0. The lowest BCUT2D eigenvalue weighted by Gasteiger charge is -2.18. The number of terminal acetylenes is 1. The van der Waals surface area contributed by atoms with Gasteiger partial charge in [-0.2, -0.15) is 0 Å². The summed E-state index contributed by atoms with van der Waals surface area (Å²) in [6, 6.07) is 18.4. The van der Waals surface area contributed by atoms with E-state index in [-0.39, 0.29) is 0 Å². The molecule has 29 heavy (non-hydrogen) atoms. The first-order chi connectivity index (χ1) is 14.1. The Morgan fingerprint density at radius 1 is 1.21 bits per heavy atom. The predicted octanol–water partition coefficient (Wildman–Crippen LogP) is 4.39. The number of ether oxygens (including phenoxy) is 1. The van der Waals surface area contributed by atoms with Gasteiger partial charge in [-0.1, -0.05) is 61.0 Å². The highest BCUT2D eigenvalue weighted by Gasteiger charge is 2.15. The van der Waals surface area contributed by atoms with Crippen molar-refractivity contribution >= 4 is 22.4 Å². The van der Waals surface area contributed by atoms with Crippen LogP contribution in [0.25, 0.3) is 16.5 Å². The minimum Gasteiger partial charge on any atom is -0.466 e. The molecule has 3 rings (SSSR count). The molecule has 0 fully saturated rings. The summed E-state index contributed by atoms with van der Waals surface area (Å²) in [5.74, 6) is 2.23. The van der Waals surface area contributed by atoms with Gasteiger partial charge in [0.15, 0.2) is 0 Å². The van der Waals surface area contributed by atoms with E-state index in [4.69, 9.17) is 6.42 Å². The number of esters is 1. The van der Waals surface area contributed by atoms with Crippen LogP contribution in [-0.2, 0) is 16.0 Å². The second-order valence-corrected chi connectivity index (χ2v) is 6.63. The molecule has 0 spiro atoms. The number of hydrogen-bond acceptors (Lipinski definition) is 3. The fourth-order valence-corrected chi connectivity index (χ4v) is 3.31. The molecule has 0 aliphatic rings. The fourth-order valence-electron chi connectivity index (χ4n) is 3.31. The summed E-state index contributed by atoms with van der Waals surface area (Å²) in [5, 5.41) is 1.16. The van der Waals surface area contributed by atoms with Gasteiger partial charge in [0.05, 0.1) is 13.7 Å². The average Bonchev–Trinajstić information content (AvgIpc) is 3.14. The van der Waals surface area contributed by atoms with Gasteiger partial charge in [0.2, 0.25) is 0 Å². The van der Waals surface area contributed by atoms with Crippen LogP contribution in [-0.4, -0.2) is 36.1 Å². The Kier molecular flexibility index (Phi) is 6.55. The molecule has 1 aromatic heterocycles. The number of carbonyl (C=O) groups is 1. The smallest absolute Gasteiger partial charge is 0.331 e. The average molecular weight is 384 g/mol. The third-order valence-corrected chi connectivity index (χ3v) is 4.80. The van der Waals surface area contributed by atoms with Crippen molar-refractivity contribution in [1.29, 1.82) is 0 Å². The second-order valence-electron chi connectivity index (χ2n) is 6.63. The van der Waals surface area contributed by atoms with Gasteiger partial charge in [-0.3, -0.25) is 0 Å². The van der Waals surface area contributed by atoms with Crippen LogP contribution in [0.15, 0.2) is 73.5 Å². The molecule has 0 aliphatic heterocycles. The van der Waals surface area contributed by atoms with E-state index >= 15 is 0 Å². The van der Waals surface area contributed by atoms with Crippen molar-refractivity contribution in [2.24, 2.45) is 0 Å². The van der Waals surface area contributed by atoms with Crippen molar-refractivity contribution in [3.05, 3.63) is 90.3 Å². The summed E-state index contributed by atoms with van der Waals surface area (Å²) < 4.78 is 4.67. The molecule has 0 radical (unpaired) electrons. The second kappa shape index (κ2) is 9.48. The molecule has 0 saturated heterocycles. The SMILES string of the molecule is C#CCN(/C=C/C(=O)OC)CCc1c(C(=C)c2ccccc2)[nH]c2ccccc12. The van der Waals surface area contributed by atoms with E-state index < -0.39 is 5.97 Å². The first kappa shape index (κ1) is 20.0. The van der Waals surface area contributed by atoms with Gasteiger partial charge >= 0.3 is 5.97 Å². The van der Waals surface area contributed by atoms with Crippen molar-refractivity contribution in [1.82, 2.24) is 9.88 Å². The molecule has 0 aliphatic carbocycles. The number of methoxy groups -OCH3 is 1. The highest BCUT2D eigenvalue weighted by atomic mass is 16.5. The van der Waals surface area contributed by atoms with Crippen LogP contribution in [0.3, 0.4) is 0 Å². The first-order valence-corrected chi connectivity index (χ1v) is 9.42. The van der Waals surface area contributed by atoms with E-state index in [0.29, 0.717) is 13.1 Å². The van der Waals surface area contributed by atoms with E-state index in [1.165, 1.54) is 18.7 Å². The summed E-state index contributed by atoms with van der Waals surface area (Å²) in [5.41, 5.74) is 5.30. The molecule has 2 aromatic carbocycles. The standard InChI is InChI=1S/C25H24N2O2/c1-4-16-27(18-15-24(28)29-3)17-14-22-21-12-8-9-13-23(21)26-25(22)19(2)20-10-6-5-7-11-20/h1,5-13,15,18,26H,2,14,16-17H2,3H3/b18-15+. The van der Waals surface area contributed by atoms with E-state index in [9.17, 15) is 4.79 Å². The monoisotopic (exact) mass is 384 g/mol. The molecule has 146 valence electrons. The molecular weight excluding hydrogens is 360 g/mol. The molecule has 4 heteroatoms. The van der Waals surface area contributed by atoms with E-state index in [1.54, 1.807) is 6.20 Å². The Labute approximate surface area is 171 Å². The minimum absolute atomic E-state index is 0.405. The number of hydrogen-bond donors (Lipinski definition) is 1. The third-order valence-electron chi connectivity index (χ3n) is 4.80. The van der Waals surface area contributed by atoms with Gasteiger partial charge < -0.3 is 14.6 Å². The maximum atomic E-state index is 11.4. The normalized spacial score (nSPS) is 10.8. The van der Waals surface area contributed by atoms with Crippen molar-refractivity contribution in [3.8, 4) is 12.3 Å². The van der Waals surface area contributed by atoms with Crippen LogP contribution in [0.5, 0.6) is 0 Å². The number of nitrogens with zero attached hydrogens (tertiary/aromatic N) is 1. The third kappa shape index (κ3) is 4.77. The largest absolute Gasteiger partial charge is 0.466 e. The Morgan fingerprint density at radius 3 is 2.66 bits per heavy atom. The number of aromatic amines is 1. The molecule has 0 bridgehead atoms. The summed E-state index contributed by atoms with van der Waals surface area (Å²) in [4.78, 5) is 16.9. The first-order valence-electron chi connectivity index (χ1n) is 9.42. The lowest BCUT2D eigenvalue weighted by Crippen LogP contribution is -2.21. The van der Waals surface area contributed by atoms with Gasteiger partial charge in [-0.15, -0.1) is 6.42 Å². The van der Waals surface area contributed by atoms with Gasteiger partial charge in [-0.05, 0) is 29.2 Å². The van der Waals surface area contributed by atoms with Crippen LogP contribution in [0.1, 0.15) is 16.8 Å². The maximum Gasteiger partial charge on any atom is 0.331 e. The van der Waals surface area contributed by atoms with Crippen LogP contribution in [0.4, 0.5) is 0 Å². The number of carbonyl (C=O) groups excluding carboxylic acids is 1. The van der Waals surface area contributed by atoms with E-state index in [1.807, 2.05) is 35.2 Å². The topological polar surface area (TPSA) is 45.3 Å². The zero-order valence-corrected chi connectivity index (χ0v) is 16.5. The zero-order chi connectivity index (χ0) is 20.6. The lowest BCUT2D eigenvalue weighted by atomic mass is 9.98. The molecule has 0 amide bonds. The maximum absolute atomic E-state index is 11.4. The van der Waals surface area contributed by atoms with Gasteiger partial charge in [-0.25, -0.2) is 4.79 Å². The number of fused-ring (bicyclic) bond motifs is 1. The zero-order valence-electron chi connectivity index (χ0n) is 16.5. The number of nitrogens with one attached hydrogen (secondary N) is 1. The molecule has 0 saturated carbocycles. The Morgan fingerprint density at radius 2 is 1.93 bits per heavy atom. The summed E-state index contributed by atoms with van der Waals surface area (Å²) in [7, 11) is 1.35. The number of para-hydroxylation sites is 1. The number of H-pyrrole nitrogens is 1. The van der Waals surface area contributed by atoms with Crippen LogP contribution >= 0.6 is 0 Å². The van der Waals surface area contributed by atoms with Crippen molar-refractivity contribution in [2.75, 3.05) is 20.2 Å². The van der Waals surface area contributed by atoms with E-state index in [2.05, 4.69) is 46.5 Å². The summed E-state index contributed by atoms with van der Waals surface area (Å²) in [6.45, 7) is 5.40. The molecule has 1 N–H and O–H groups in total. The molecule has 1 heterocycles. The number of benzene rings is 2. The fraction of sp³-hybridized carbons (Fsp3) is 0.160. The highest BCUT2D eigenvalue weighted by Crippen LogP contribution is 2.30. The van der Waals surface area contributed by atoms with Crippen molar-refractivity contribution < 1.29 is 9.53 Å². The van der Waals surface area contributed by atoms with Crippen molar-refractivity contribution in [3.63, 3.8) is 0 Å². The highest BCUT2D eigenvalue weighted by molar-refractivity contribution is 5.92. The van der Waals surface area contributed by atoms with E-state index in [0.717, 1.165) is 34.2 Å².